The average molecular weight is 394 g/mol. The van der Waals surface area contributed by atoms with Gasteiger partial charge in [0.1, 0.15) is 46.1 Å². The zero-order chi connectivity index (χ0) is 20.8. The van der Waals surface area contributed by atoms with Crippen LogP contribution in [0.3, 0.4) is 0 Å². The lowest BCUT2D eigenvalue weighted by molar-refractivity contribution is 0.269. The van der Waals surface area contributed by atoms with Gasteiger partial charge in [-0.1, -0.05) is 24.3 Å². The molecule has 0 fully saturated rings. The number of nitrogens with zero attached hydrogens (tertiary/aromatic N) is 4. The molecule has 0 saturated heterocycles. The van der Waals surface area contributed by atoms with E-state index < -0.39 is 0 Å². The van der Waals surface area contributed by atoms with E-state index in [1.54, 1.807) is 12.1 Å². The topological polar surface area (TPSA) is 91.8 Å². The number of nitriles is 2. The van der Waals surface area contributed by atoms with E-state index in [-0.39, 0.29) is 0 Å². The molecule has 2 heterocycles. The van der Waals surface area contributed by atoms with Gasteiger partial charge < -0.3 is 9.47 Å². The lowest BCUT2D eigenvalue weighted by Gasteiger charge is -2.10. The van der Waals surface area contributed by atoms with Crippen LogP contribution in [0, 0.1) is 22.7 Å². The largest absolute Gasteiger partial charge is 0.491 e. The molecule has 0 amide bonds. The van der Waals surface area contributed by atoms with Crippen LogP contribution < -0.4 is 9.47 Å². The second-order valence-corrected chi connectivity index (χ2v) is 6.68. The molecule has 0 bridgehead atoms. The smallest absolute Gasteiger partial charge is 0.145 e. The fraction of sp³-hybridized carbons (Fsp3) is 0.167. The first-order valence-electron chi connectivity index (χ1n) is 9.64. The fourth-order valence-corrected chi connectivity index (χ4v) is 3.17. The highest BCUT2D eigenvalue weighted by Gasteiger charge is 2.07. The average Bonchev–Trinajstić information content (AvgIpc) is 2.80. The second kappa shape index (κ2) is 8.89. The Kier molecular flexibility index (Phi) is 5.68. The minimum atomic E-state index is 0.371. The summed E-state index contributed by atoms with van der Waals surface area (Å²) in [5.74, 6) is 1.35. The highest BCUT2D eigenvalue weighted by molar-refractivity contribution is 5.85. The van der Waals surface area contributed by atoms with Crippen LogP contribution in [0.15, 0.2) is 60.7 Å². The van der Waals surface area contributed by atoms with Crippen LogP contribution in [0.25, 0.3) is 21.8 Å². The van der Waals surface area contributed by atoms with Gasteiger partial charge in [-0.3, -0.25) is 0 Å². The lowest BCUT2D eigenvalue weighted by Crippen LogP contribution is -2.04. The van der Waals surface area contributed by atoms with Crippen molar-refractivity contribution in [2.24, 2.45) is 0 Å². The Hall–Kier alpha value is -4.16. The van der Waals surface area contributed by atoms with Gasteiger partial charge in [-0.2, -0.15) is 10.5 Å². The zero-order valence-electron chi connectivity index (χ0n) is 16.2. The standard InChI is InChI=1S/C24H18N4O2/c25-15-19-11-9-17-5-3-7-21(23(17)27-19)29-13-1-2-14-30-22-8-4-6-18-10-12-20(16-26)28-24(18)22/h3-12H,1-2,13-14H2. The quantitative estimate of drug-likeness (QED) is 0.420. The molecule has 4 rings (SSSR count). The van der Waals surface area contributed by atoms with E-state index in [1.165, 1.54) is 0 Å². The van der Waals surface area contributed by atoms with Crippen molar-refractivity contribution in [3.63, 3.8) is 0 Å². The van der Waals surface area contributed by atoms with Crippen LogP contribution in [0.1, 0.15) is 24.2 Å². The molecule has 0 unspecified atom stereocenters. The highest BCUT2D eigenvalue weighted by Crippen LogP contribution is 2.25. The van der Waals surface area contributed by atoms with Gasteiger partial charge in [-0.05, 0) is 49.2 Å². The van der Waals surface area contributed by atoms with E-state index in [0.717, 1.165) is 23.6 Å². The van der Waals surface area contributed by atoms with Crippen molar-refractivity contribution in [3.8, 4) is 23.6 Å². The van der Waals surface area contributed by atoms with Crippen molar-refractivity contribution in [2.45, 2.75) is 12.8 Å². The highest BCUT2D eigenvalue weighted by atomic mass is 16.5. The number of fused-ring (bicyclic) bond motifs is 2. The van der Waals surface area contributed by atoms with E-state index in [1.807, 2.05) is 48.5 Å². The molecule has 30 heavy (non-hydrogen) atoms. The minimum absolute atomic E-state index is 0.371. The predicted octanol–water partition coefficient (Wildman–Crippen LogP) is 4.76. The van der Waals surface area contributed by atoms with Gasteiger partial charge in [0.15, 0.2) is 0 Å². The van der Waals surface area contributed by atoms with Gasteiger partial charge in [0, 0.05) is 10.8 Å². The van der Waals surface area contributed by atoms with Crippen LogP contribution in [-0.2, 0) is 0 Å². The molecule has 2 aromatic carbocycles. The number of benzene rings is 2. The number of pyridine rings is 2. The van der Waals surface area contributed by atoms with Crippen LogP contribution in [-0.4, -0.2) is 23.2 Å². The van der Waals surface area contributed by atoms with Crippen LogP contribution in [0.4, 0.5) is 0 Å². The molecule has 6 heteroatoms. The van der Waals surface area contributed by atoms with Gasteiger partial charge in [0.05, 0.1) is 13.2 Å². The summed E-state index contributed by atoms with van der Waals surface area (Å²) in [6, 6.07) is 22.7. The Morgan fingerprint density at radius 2 is 1.10 bits per heavy atom. The summed E-state index contributed by atoms with van der Waals surface area (Å²) in [5, 5.41) is 20.0. The molecule has 0 saturated carbocycles. The third-order valence-corrected chi connectivity index (χ3v) is 4.65. The van der Waals surface area contributed by atoms with Crippen molar-refractivity contribution in [2.75, 3.05) is 13.2 Å². The van der Waals surface area contributed by atoms with Gasteiger partial charge >= 0.3 is 0 Å². The third kappa shape index (κ3) is 4.14. The van der Waals surface area contributed by atoms with Crippen LogP contribution in [0.5, 0.6) is 11.5 Å². The van der Waals surface area contributed by atoms with Crippen molar-refractivity contribution in [3.05, 3.63) is 72.1 Å². The molecule has 0 aliphatic rings. The lowest BCUT2D eigenvalue weighted by atomic mass is 10.2. The molecule has 0 radical (unpaired) electrons. The monoisotopic (exact) mass is 394 g/mol. The molecule has 0 N–H and O–H groups in total. The van der Waals surface area contributed by atoms with Gasteiger partial charge in [-0.25, -0.2) is 9.97 Å². The Morgan fingerprint density at radius 1 is 0.633 bits per heavy atom. The third-order valence-electron chi connectivity index (χ3n) is 4.65. The number of rotatable bonds is 7. The summed E-state index contributed by atoms with van der Waals surface area (Å²) in [4.78, 5) is 8.70. The zero-order valence-corrected chi connectivity index (χ0v) is 16.2. The Balaban J connectivity index is 1.33. The molecule has 0 atom stereocenters. The van der Waals surface area contributed by atoms with E-state index in [2.05, 4.69) is 22.1 Å². The molecule has 0 aliphatic heterocycles. The first-order valence-corrected chi connectivity index (χ1v) is 9.64. The normalized spacial score (nSPS) is 10.5. The number of hydrogen-bond donors (Lipinski definition) is 0. The number of aromatic nitrogens is 2. The van der Waals surface area contributed by atoms with E-state index in [0.29, 0.717) is 47.1 Å². The molecule has 0 aliphatic carbocycles. The summed E-state index contributed by atoms with van der Waals surface area (Å²) in [7, 11) is 0. The van der Waals surface area contributed by atoms with Crippen molar-refractivity contribution < 1.29 is 9.47 Å². The summed E-state index contributed by atoms with van der Waals surface area (Å²) < 4.78 is 11.8. The van der Waals surface area contributed by atoms with Gasteiger partial charge in [0.2, 0.25) is 0 Å². The van der Waals surface area contributed by atoms with Gasteiger partial charge in [0.25, 0.3) is 0 Å². The Morgan fingerprint density at radius 3 is 1.53 bits per heavy atom. The summed E-state index contributed by atoms with van der Waals surface area (Å²) in [5.41, 5.74) is 2.14. The number of unbranched alkanes of at least 4 members (excludes halogenated alkanes) is 1. The molecular weight excluding hydrogens is 376 g/mol. The molecule has 0 spiro atoms. The molecular formula is C24H18N4O2. The first kappa shape index (κ1) is 19.2. The van der Waals surface area contributed by atoms with E-state index in [9.17, 15) is 0 Å². The number of para-hydroxylation sites is 2. The summed E-state index contributed by atoms with van der Waals surface area (Å²) in [6.07, 6.45) is 1.60. The number of ether oxygens (including phenoxy) is 2. The van der Waals surface area contributed by atoms with Crippen LogP contribution >= 0.6 is 0 Å². The maximum atomic E-state index is 9.06. The van der Waals surface area contributed by atoms with E-state index >= 15 is 0 Å². The molecule has 4 aromatic rings. The SMILES string of the molecule is N#Cc1ccc2cccc(OCCCCOc3cccc4ccc(C#N)nc34)c2n1. The van der Waals surface area contributed by atoms with Crippen molar-refractivity contribution >= 4 is 21.8 Å². The maximum absolute atomic E-state index is 9.06. The second-order valence-electron chi connectivity index (χ2n) is 6.68. The Labute approximate surface area is 173 Å². The fourth-order valence-electron chi connectivity index (χ4n) is 3.17. The molecule has 6 nitrogen and oxygen atoms in total. The Bertz CT molecular complexity index is 1190. The van der Waals surface area contributed by atoms with E-state index in [4.69, 9.17) is 20.0 Å². The van der Waals surface area contributed by atoms with Gasteiger partial charge in [-0.15, -0.1) is 0 Å². The summed E-state index contributed by atoms with van der Waals surface area (Å²) >= 11 is 0. The van der Waals surface area contributed by atoms with Crippen LogP contribution in [0.2, 0.25) is 0 Å². The van der Waals surface area contributed by atoms with Crippen molar-refractivity contribution in [1.29, 1.82) is 10.5 Å². The number of hydrogen-bond acceptors (Lipinski definition) is 6. The first-order chi connectivity index (χ1) is 14.8. The predicted molar refractivity (Wildman–Crippen MR) is 113 cm³/mol. The minimum Gasteiger partial charge on any atom is -0.491 e. The molecule has 146 valence electrons. The van der Waals surface area contributed by atoms with Crippen molar-refractivity contribution in [1.82, 2.24) is 9.97 Å². The molecule has 2 aromatic heterocycles. The summed E-state index contributed by atoms with van der Waals surface area (Å²) in [6.45, 7) is 1.04. The maximum Gasteiger partial charge on any atom is 0.145 e.